The van der Waals surface area contributed by atoms with E-state index in [-0.39, 0.29) is 0 Å². The van der Waals surface area contributed by atoms with Crippen LogP contribution >= 0.6 is 22.9 Å². The molecular formula is C8H13ClN2S. The van der Waals surface area contributed by atoms with Gasteiger partial charge in [0.1, 0.15) is 4.34 Å². The SMILES string of the molecule is CCc1nc(NC(C)C)sc1Cl. The van der Waals surface area contributed by atoms with E-state index in [0.717, 1.165) is 21.6 Å². The highest BCUT2D eigenvalue weighted by atomic mass is 35.5. The van der Waals surface area contributed by atoms with Crippen molar-refractivity contribution in [3.63, 3.8) is 0 Å². The predicted octanol–water partition coefficient (Wildman–Crippen LogP) is 3.18. The first-order valence-corrected chi connectivity index (χ1v) is 5.24. The summed E-state index contributed by atoms with van der Waals surface area (Å²) >= 11 is 7.46. The average Bonchev–Trinajstić information content (AvgIpc) is 2.29. The molecule has 0 spiro atoms. The normalized spacial score (nSPS) is 10.8. The lowest BCUT2D eigenvalue weighted by molar-refractivity contribution is 0.892. The van der Waals surface area contributed by atoms with Crippen molar-refractivity contribution in [2.45, 2.75) is 33.2 Å². The third-order valence-electron chi connectivity index (χ3n) is 1.40. The van der Waals surface area contributed by atoms with Crippen LogP contribution in [0, 0.1) is 0 Å². The summed E-state index contributed by atoms with van der Waals surface area (Å²) in [7, 11) is 0. The van der Waals surface area contributed by atoms with Crippen molar-refractivity contribution in [2.75, 3.05) is 5.32 Å². The van der Waals surface area contributed by atoms with Crippen LogP contribution in [0.15, 0.2) is 0 Å². The molecule has 0 aliphatic rings. The molecule has 1 N–H and O–H groups in total. The highest BCUT2D eigenvalue weighted by Crippen LogP contribution is 2.28. The summed E-state index contributed by atoms with van der Waals surface area (Å²) in [6, 6.07) is 0.414. The van der Waals surface area contributed by atoms with Crippen LogP contribution in [0.25, 0.3) is 0 Å². The van der Waals surface area contributed by atoms with E-state index in [1.165, 1.54) is 11.3 Å². The maximum Gasteiger partial charge on any atom is 0.184 e. The van der Waals surface area contributed by atoms with Gasteiger partial charge in [-0.15, -0.1) is 0 Å². The Balaban J connectivity index is 2.75. The predicted molar refractivity (Wildman–Crippen MR) is 55.3 cm³/mol. The Morgan fingerprint density at radius 1 is 1.58 bits per heavy atom. The number of hydrogen-bond acceptors (Lipinski definition) is 3. The fourth-order valence-electron chi connectivity index (χ4n) is 0.860. The van der Waals surface area contributed by atoms with Crippen molar-refractivity contribution >= 4 is 28.1 Å². The van der Waals surface area contributed by atoms with E-state index >= 15 is 0 Å². The zero-order valence-corrected chi connectivity index (χ0v) is 9.09. The molecule has 0 aliphatic carbocycles. The van der Waals surface area contributed by atoms with E-state index in [9.17, 15) is 0 Å². The van der Waals surface area contributed by atoms with E-state index < -0.39 is 0 Å². The average molecular weight is 205 g/mol. The van der Waals surface area contributed by atoms with Crippen LogP contribution in [0.5, 0.6) is 0 Å². The second-order valence-corrected chi connectivity index (χ2v) is 4.49. The Hall–Kier alpha value is -0.280. The Kier molecular flexibility index (Phi) is 3.35. The van der Waals surface area contributed by atoms with Gasteiger partial charge in [-0.25, -0.2) is 4.98 Å². The largest absolute Gasteiger partial charge is 0.359 e. The van der Waals surface area contributed by atoms with Crippen LogP contribution in [0.4, 0.5) is 5.13 Å². The van der Waals surface area contributed by atoms with Crippen LogP contribution < -0.4 is 5.32 Å². The minimum absolute atomic E-state index is 0.414. The van der Waals surface area contributed by atoms with Gasteiger partial charge in [0.05, 0.1) is 5.69 Å². The first-order valence-electron chi connectivity index (χ1n) is 4.05. The molecule has 0 aliphatic heterocycles. The smallest absolute Gasteiger partial charge is 0.184 e. The van der Waals surface area contributed by atoms with Crippen LogP contribution in [0.2, 0.25) is 4.34 Å². The van der Waals surface area contributed by atoms with Crippen molar-refractivity contribution in [1.29, 1.82) is 0 Å². The zero-order chi connectivity index (χ0) is 9.14. The van der Waals surface area contributed by atoms with Gasteiger partial charge in [0.25, 0.3) is 0 Å². The molecule has 1 aromatic rings. The number of hydrogen-bond donors (Lipinski definition) is 1. The van der Waals surface area contributed by atoms with Gasteiger partial charge in [-0.05, 0) is 20.3 Å². The molecule has 0 aromatic carbocycles. The molecule has 0 saturated carbocycles. The molecule has 0 bridgehead atoms. The molecular weight excluding hydrogens is 192 g/mol. The molecule has 0 fully saturated rings. The van der Waals surface area contributed by atoms with Gasteiger partial charge in [0.2, 0.25) is 0 Å². The third kappa shape index (κ3) is 2.35. The number of thiazole rings is 1. The fraction of sp³-hybridized carbons (Fsp3) is 0.625. The summed E-state index contributed by atoms with van der Waals surface area (Å²) in [4.78, 5) is 4.34. The van der Waals surface area contributed by atoms with Crippen molar-refractivity contribution in [3.8, 4) is 0 Å². The van der Waals surface area contributed by atoms with Crippen LogP contribution in [-0.4, -0.2) is 11.0 Å². The van der Waals surface area contributed by atoms with E-state index in [0.29, 0.717) is 6.04 Å². The summed E-state index contributed by atoms with van der Waals surface area (Å²) in [6.07, 6.45) is 0.898. The van der Waals surface area contributed by atoms with E-state index in [2.05, 4.69) is 31.1 Å². The first-order chi connectivity index (χ1) is 5.63. The number of aryl methyl sites for hydroxylation is 1. The first kappa shape index (κ1) is 9.81. The highest BCUT2D eigenvalue weighted by molar-refractivity contribution is 7.19. The van der Waals surface area contributed by atoms with Gasteiger partial charge in [-0.1, -0.05) is 29.9 Å². The maximum atomic E-state index is 5.94. The molecule has 0 amide bonds. The second kappa shape index (κ2) is 4.10. The summed E-state index contributed by atoms with van der Waals surface area (Å²) in [5.74, 6) is 0. The Labute approximate surface area is 82.0 Å². The highest BCUT2D eigenvalue weighted by Gasteiger charge is 2.07. The number of anilines is 1. The lowest BCUT2D eigenvalue weighted by atomic mass is 10.4. The molecule has 68 valence electrons. The number of aromatic nitrogens is 1. The summed E-state index contributed by atoms with van der Waals surface area (Å²) < 4.78 is 0.806. The van der Waals surface area contributed by atoms with Gasteiger partial charge in [-0.2, -0.15) is 0 Å². The van der Waals surface area contributed by atoms with Gasteiger partial charge in [-0.3, -0.25) is 0 Å². The Bertz CT molecular complexity index is 258. The molecule has 4 heteroatoms. The molecule has 0 unspecified atom stereocenters. The minimum atomic E-state index is 0.414. The van der Waals surface area contributed by atoms with E-state index in [1.807, 2.05) is 0 Å². The van der Waals surface area contributed by atoms with Crippen molar-refractivity contribution < 1.29 is 0 Å². The monoisotopic (exact) mass is 204 g/mol. The molecule has 12 heavy (non-hydrogen) atoms. The molecule has 0 saturated heterocycles. The van der Waals surface area contributed by atoms with Crippen LogP contribution in [-0.2, 0) is 6.42 Å². The third-order valence-corrected chi connectivity index (χ3v) is 2.66. The molecule has 1 aromatic heterocycles. The number of halogens is 1. The minimum Gasteiger partial charge on any atom is -0.359 e. The zero-order valence-electron chi connectivity index (χ0n) is 7.52. The fourth-order valence-corrected chi connectivity index (χ4v) is 2.18. The van der Waals surface area contributed by atoms with Gasteiger partial charge < -0.3 is 5.32 Å². The van der Waals surface area contributed by atoms with Crippen LogP contribution in [0.1, 0.15) is 26.5 Å². The summed E-state index contributed by atoms with van der Waals surface area (Å²) in [5.41, 5.74) is 0.991. The van der Waals surface area contributed by atoms with Gasteiger partial charge in [0, 0.05) is 6.04 Å². The molecule has 2 nitrogen and oxygen atoms in total. The van der Waals surface area contributed by atoms with Crippen molar-refractivity contribution in [1.82, 2.24) is 4.98 Å². The molecule has 1 heterocycles. The number of nitrogens with one attached hydrogen (secondary N) is 1. The number of nitrogens with zero attached hydrogens (tertiary/aromatic N) is 1. The van der Waals surface area contributed by atoms with Gasteiger partial charge >= 0.3 is 0 Å². The molecule has 1 rings (SSSR count). The summed E-state index contributed by atoms with van der Waals surface area (Å²) in [6.45, 7) is 6.22. The molecule has 0 atom stereocenters. The lowest BCUT2D eigenvalue weighted by Crippen LogP contribution is -2.09. The van der Waals surface area contributed by atoms with E-state index in [4.69, 9.17) is 11.6 Å². The quantitative estimate of drug-likeness (QED) is 0.818. The van der Waals surface area contributed by atoms with Crippen molar-refractivity contribution in [3.05, 3.63) is 10.0 Å². The number of rotatable bonds is 3. The molecule has 0 radical (unpaired) electrons. The Morgan fingerprint density at radius 2 is 2.25 bits per heavy atom. The van der Waals surface area contributed by atoms with Gasteiger partial charge in [0.15, 0.2) is 5.13 Å². The Morgan fingerprint density at radius 3 is 2.67 bits per heavy atom. The standard InChI is InChI=1S/C8H13ClN2S/c1-4-6-7(9)12-8(11-6)10-5(2)3/h5H,4H2,1-3H3,(H,10,11). The second-order valence-electron chi connectivity index (χ2n) is 2.89. The summed E-state index contributed by atoms with van der Waals surface area (Å²) in [5, 5.41) is 4.15. The lowest BCUT2D eigenvalue weighted by Gasteiger charge is -2.03. The van der Waals surface area contributed by atoms with E-state index in [1.54, 1.807) is 0 Å². The topological polar surface area (TPSA) is 24.9 Å². The van der Waals surface area contributed by atoms with Crippen molar-refractivity contribution in [2.24, 2.45) is 0 Å². The maximum absolute atomic E-state index is 5.94. The van der Waals surface area contributed by atoms with Crippen LogP contribution in [0.3, 0.4) is 0 Å².